The van der Waals surface area contributed by atoms with Gasteiger partial charge in [0.2, 0.25) is 0 Å². The van der Waals surface area contributed by atoms with E-state index < -0.39 is 42.3 Å². The van der Waals surface area contributed by atoms with Gasteiger partial charge in [-0.3, -0.25) is 9.79 Å². The van der Waals surface area contributed by atoms with Gasteiger partial charge in [-0.15, -0.1) is 0 Å². The summed E-state index contributed by atoms with van der Waals surface area (Å²) in [7, 11) is 6.71. The zero-order valence-electron chi connectivity index (χ0n) is 26.9. The number of phenolic OH excluding ortho intramolecular Hbond substituents is 2. The van der Waals surface area contributed by atoms with Crippen LogP contribution in [0, 0.1) is 11.8 Å². The van der Waals surface area contributed by atoms with Crippen molar-refractivity contribution in [2.75, 3.05) is 40.2 Å². The number of rotatable bonds is 6. The van der Waals surface area contributed by atoms with Gasteiger partial charge in [-0.2, -0.15) is 0 Å². The van der Waals surface area contributed by atoms with Crippen molar-refractivity contribution in [1.82, 2.24) is 4.90 Å². The molecule has 0 aliphatic carbocycles. The van der Waals surface area contributed by atoms with Gasteiger partial charge in [0.15, 0.2) is 6.10 Å². The second-order valence-corrected chi connectivity index (χ2v) is 11.5. The van der Waals surface area contributed by atoms with Crippen LogP contribution >= 0.6 is 0 Å². The number of ether oxygens (including phenoxy) is 3. The molecule has 0 aromatic heterocycles. The third kappa shape index (κ3) is 10.2. The maximum absolute atomic E-state index is 13.1. The lowest BCUT2D eigenvalue weighted by Gasteiger charge is -2.29. The average Bonchev–Trinajstić information content (AvgIpc) is 2.95. The van der Waals surface area contributed by atoms with Gasteiger partial charge in [0.1, 0.15) is 23.3 Å². The van der Waals surface area contributed by atoms with Crippen LogP contribution in [0.4, 0.5) is 16.2 Å². The molecule has 12 nitrogen and oxygen atoms in total. The van der Waals surface area contributed by atoms with Crippen molar-refractivity contribution >= 4 is 29.6 Å². The van der Waals surface area contributed by atoms with Crippen molar-refractivity contribution in [1.29, 1.82) is 0 Å². The first kappa shape index (κ1) is 36.5. The Balaban J connectivity index is 2.69. The molecule has 0 radical (unpaired) electrons. The molecule has 1 aromatic rings. The van der Waals surface area contributed by atoms with Gasteiger partial charge in [-0.25, -0.2) is 4.79 Å². The van der Waals surface area contributed by atoms with Crippen LogP contribution in [-0.4, -0.2) is 97.7 Å². The van der Waals surface area contributed by atoms with Crippen molar-refractivity contribution in [2.24, 2.45) is 22.6 Å². The number of allylic oxidation sites excluding steroid dienone is 2. The highest BCUT2D eigenvalue weighted by Crippen LogP contribution is 2.44. The highest BCUT2D eigenvalue weighted by atomic mass is 16.6. The number of amides is 2. The van der Waals surface area contributed by atoms with Crippen molar-refractivity contribution < 1.29 is 39.1 Å². The van der Waals surface area contributed by atoms with Gasteiger partial charge in [0, 0.05) is 50.1 Å². The summed E-state index contributed by atoms with van der Waals surface area (Å²) in [5.41, 5.74) is 6.82. The molecule has 2 amide bonds. The average molecular weight is 617 g/mol. The molecule has 1 aliphatic heterocycles. The van der Waals surface area contributed by atoms with Crippen molar-refractivity contribution in [3.8, 4) is 11.5 Å². The fourth-order valence-electron chi connectivity index (χ4n) is 5.03. The molecule has 244 valence electrons. The number of carbonyl (C=O) groups is 2. The topological polar surface area (TPSA) is 176 Å². The van der Waals surface area contributed by atoms with Crippen LogP contribution in [0.5, 0.6) is 11.5 Å². The Hall–Kier alpha value is -3.71. The van der Waals surface area contributed by atoms with E-state index in [9.17, 15) is 24.9 Å². The number of primary amides is 1. The number of anilines is 1. The largest absolute Gasteiger partial charge is 0.506 e. The SMILES string of the molecule is COC1C=CC=C(C)C(=O)Nc2cc(O)c(N=CCN(C)C)c(c2O)CC(C)CC(OC)C(O)C(C)C=C(C)C1OC(N)=O. The summed E-state index contributed by atoms with van der Waals surface area (Å²) in [4.78, 5) is 31.2. The molecular weight excluding hydrogens is 568 g/mol. The number of aromatic hydroxyl groups is 2. The molecular formula is C32H48N4O8. The lowest BCUT2D eigenvalue weighted by atomic mass is 9.87. The number of aliphatic hydroxyl groups is 1. The zero-order valence-corrected chi connectivity index (χ0v) is 26.9. The van der Waals surface area contributed by atoms with Gasteiger partial charge in [0.05, 0.1) is 17.9 Å². The quantitative estimate of drug-likeness (QED) is 0.138. The van der Waals surface area contributed by atoms with E-state index in [1.165, 1.54) is 26.4 Å². The minimum absolute atomic E-state index is 0.0253. The van der Waals surface area contributed by atoms with Crippen LogP contribution in [0.15, 0.2) is 46.5 Å². The maximum atomic E-state index is 13.1. The first-order valence-corrected chi connectivity index (χ1v) is 14.5. The lowest BCUT2D eigenvalue weighted by molar-refractivity contribution is -0.112. The zero-order chi connectivity index (χ0) is 33.1. The van der Waals surface area contributed by atoms with E-state index in [0.29, 0.717) is 24.1 Å². The Kier molecular flexibility index (Phi) is 14.1. The number of nitrogens with two attached hydrogens (primary N) is 1. The van der Waals surface area contributed by atoms with E-state index in [0.717, 1.165) is 0 Å². The summed E-state index contributed by atoms with van der Waals surface area (Å²) >= 11 is 0. The first-order chi connectivity index (χ1) is 20.7. The Morgan fingerprint density at radius 1 is 1.20 bits per heavy atom. The molecule has 0 saturated carbocycles. The first-order valence-electron chi connectivity index (χ1n) is 14.5. The van der Waals surface area contributed by atoms with Crippen molar-refractivity contribution in [3.63, 3.8) is 0 Å². The molecule has 1 aromatic carbocycles. The fourth-order valence-corrected chi connectivity index (χ4v) is 5.03. The van der Waals surface area contributed by atoms with Crippen LogP contribution < -0.4 is 11.1 Å². The molecule has 12 heteroatoms. The second kappa shape index (κ2) is 17.0. The number of nitrogens with zero attached hydrogens (tertiary/aromatic N) is 2. The van der Waals surface area contributed by atoms with E-state index in [1.807, 2.05) is 32.8 Å². The second-order valence-electron chi connectivity index (χ2n) is 11.5. The number of phenols is 2. The molecule has 0 saturated heterocycles. The van der Waals surface area contributed by atoms with Crippen LogP contribution in [0.1, 0.15) is 39.7 Å². The monoisotopic (exact) mass is 616 g/mol. The molecule has 1 heterocycles. The summed E-state index contributed by atoms with van der Waals surface area (Å²) in [6.07, 6.45) is 4.57. The summed E-state index contributed by atoms with van der Waals surface area (Å²) in [6, 6.07) is 1.26. The highest BCUT2D eigenvalue weighted by Gasteiger charge is 2.30. The van der Waals surface area contributed by atoms with Crippen LogP contribution in [0.3, 0.4) is 0 Å². The van der Waals surface area contributed by atoms with E-state index in [4.69, 9.17) is 19.9 Å². The van der Waals surface area contributed by atoms with Crippen LogP contribution in [0.25, 0.3) is 0 Å². The fraction of sp³-hybridized carbons (Fsp3) is 0.531. The summed E-state index contributed by atoms with van der Waals surface area (Å²) < 4.78 is 16.7. The Labute approximate surface area is 259 Å². The number of aliphatic imine (C=N–C) groups is 1. The third-order valence-electron chi connectivity index (χ3n) is 7.47. The maximum Gasteiger partial charge on any atom is 0.405 e. The van der Waals surface area contributed by atoms with Crippen LogP contribution in [-0.2, 0) is 25.4 Å². The number of nitrogens with one attached hydrogen (secondary N) is 1. The predicted octanol–water partition coefficient (Wildman–Crippen LogP) is 3.82. The molecule has 1 aliphatic rings. The van der Waals surface area contributed by atoms with Crippen molar-refractivity contribution in [2.45, 2.75) is 65.0 Å². The molecule has 6 atom stereocenters. The Morgan fingerprint density at radius 2 is 1.89 bits per heavy atom. The smallest absolute Gasteiger partial charge is 0.405 e. The van der Waals surface area contributed by atoms with E-state index in [2.05, 4.69) is 10.3 Å². The van der Waals surface area contributed by atoms with E-state index >= 15 is 0 Å². The number of methoxy groups -OCH3 is 2. The molecule has 0 spiro atoms. The Bertz CT molecular complexity index is 1270. The van der Waals surface area contributed by atoms with E-state index in [-0.39, 0.29) is 40.8 Å². The molecule has 0 fully saturated rings. The number of aliphatic hydroxyl groups excluding tert-OH is 1. The minimum atomic E-state index is -0.991. The van der Waals surface area contributed by atoms with Gasteiger partial charge >= 0.3 is 6.09 Å². The van der Waals surface area contributed by atoms with Gasteiger partial charge in [-0.1, -0.05) is 38.2 Å². The Morgan fingerprint density at radius 3 is 2.48 bits per heavy atom. The molecule has 44 heavy (non-hydrogen) atoms. The minimum Gasteiger partial charge on any atom is -0.506 e. The third-order valence-corrected chi connectivity index (χ3v) is 7.47. The summed E-state index contributed by atoms with van der Waals surface area (Å²) in [6.45, 7) is 7.59. The summed E-state index contributed by atoms with van der Waals surface area (Å²) in [5, 5.41) is 36.2. The van der Waals surface area contributed by atoms with Crippen molar-refractivity contribution in [3.05, 3.63) is 47.1 Å². The normalized spacial score (nSPS) is 25.9. The van der Waals surface area contributed by atoms with E-state index in [1.54, 1.807) is 38.3 Å². The molecule has 6 N–H and O–H groups in total. The number of hydrogen-bond acceptors (Lipinski definition) is 10. The lowest BCUT2D eigenvalue weighted by Crippen LogP contribution is -2.37. The highest BCUT2D eigenvalue weighted by molar-refractivity contribution is 6.04. The van der Waals surface area contributed by atoms with Gasteiger partial charge in [-0.05, 0) is 52.3 Å². The molecule has 2 rings (SSSR count). The van der Waals surface area contributed by atoms with Gasteiger partial charge in [0.25, 0.3) is 5.91 Å². The standard InChI is InChI=1S/C32H48N4O8/c1-18-14-22-27(34-12-13-36(5)6)24(37)17-23(29(22)39)35-31(40)19(2)10-9-11-25(42-7)30(44-32(33)41)21(4)16-20(3)28(38)26(15-18)43-8/h9-12,16-18,20,25-26,28,30,37-39H,13-15H2,1-8H3,(H2,33,41)(H,35,40). The van der Waals surface area contributed by atoms with Crippen LogP contribution in [0.2, 0.25) is 0 Å². The number of benzene rings is 1. The summed E-state index contributed by atoms with van der Waals surface area (Å²) in [5.74, 6) is -1.53. The number of carbonyl (C=O) groups excluding carboxylic acids is 2. The molecule has 2 bridgehead atoms. The number of fused-ring (bicyclic) bond motifs is 2. The molecule has 6 unspecified atom stereocenters. The number of hydrogen-bond donors (Lipinski definition) is 5. The van der Waals surface area contributed by atoms with Gasteiger partial charge < -0.3 is 45.5 Å². The predicted molar refractivity (Wildman–Crippen MR) is 170 cm³/mol.